The van der Waals surface area contributed by atoms with Crippen LogP contribution in [-0.4, -0.2) is 4.57 Å². The molecule has 1 heterocycles. The van der Waals surface area contributed by atoms with E-state index < -0.39 is 0 Å². The predicted molar refractivity (Wildman–Crippen MR) is 89.7 cm³/mol. The Bertz CT molecular complexity index is 849. The highest BCUT2D eigenvalue weighted by Crippen LogP contribution is 2.25. The second kappa shape index (κ2) is 5.60. The zero-order valence-corrected chi connectivity index (χ0v) is 12.3. The van der Waals surface area contributed by atoms with Crippen LogP contribution in [0, 0.1) is 0 Å². The second-order valence-corrected chi connectivity index (χ2v) is 5.49. The molecule has 0 unspecified atom stereocenters. The highest BCUT2D eigenvalue weighted by Gasteiger charge is 2.10. The minimum atomic E-state index is 0.0963. The second-order valence-electron chi connectivity index (χ2n) is 5.49. The maximum absolute atomic E-state index is 12.8. The molecule has 0 fully saturated rings. The molecule has 0 spiro atoms. The number of hydrogen-bond acceptors (Lipinski definition) is 2. The Balaban J connectivity index is 2.33. The molecule has 0 bridgehead atoms. The Kier molecular flexibility index (Phi) is 3.65. The van der Waals surface area contributed by atoms with Crippen molar-refractivity contribution in [3.8, 4) is 0 Å². The number of rotatable bonds is 4. The number of fused-ring (bicyclic) bond motifs is 3. The Morgan fingerprint density at radius 2 is 1.76 bits per heavy atom. The van der Waals surface area contributed by atoms with E-state index >= 15 is 0 Å². The standard InChI is InChI=1S/C18H20N2O/c1-2-3-6-11-20-17-10-9-13(19)12-16(17)14-7-4-5-8-15(14)18(20)21/h4-5,7-10,12H,2-3,6,11,19H2,1H3. The fraction of sp³-hybridized carbons (Fsp3) is 0.278. The number of hydrogen-bond donors (Lipinski definition) is 1. The first-order valence-corrected chi connectivity index (χ1v) is 7.53. The van der Waals surface area contributed by atoms with E-state index in [2.05, 4.69) is 6.92 Å². The number of unbranched alkanes of at least 4 members (excludes halogenated alkanes) is 2. The van der Waals surface area contributed by atoms with Gasteiger partial charge in [0.2, 0.25) is 0 Å². The Labute approximate surface area is 124 Å². The predicted octanol–water partition coefficient (Wildman–Crippen LogP) is 3.93. The molecule has 0 radical (unpaired) electrons. The molecule has 0 aliphatic rings. The fourth-order valence-electron chi connectivity index (χ4n) is 2.91. The van der Waals surface area contributed by atoms with Gasteiger partial charge in [0.15, 0.2) is 0 Å². The van der Waals surface area contributed by atoms with Crippen molar-refractivity contribution in [1.82, 2.24) is 4.57 Å². The monoisotopic (exact) mass is 280 g/mol. The van der Waals surface area contributed by atoms with Crippen LogP contribution in [0.2, 0.25) is 0 Å². The maximum atomic E-state index is 12.8. The molecule has 0 aliphatic heterocycles. The lowest BCUT2D eigenvalue weighted by Gasteiger charge is -2.13. The van der Waals surface area contributed by atoms with E-state index in [9.17, 15) is 4.79 Å². The van der Waals surface area contributed by atoms with Gasteiger partial charge < -0.3 is 10.3 Å². The van der Waals surface area contributed by atoms with Gasteiger partial charge in [-0.15, -0.1) is 0 Å². The van der Waals surface area contributed by atoms with Gasteiger partial charge in [-0.25, -0.2) is 0 Å². The Morgan fingerprint density at radius 3 is 2.52 bits per heavy atom. The molecule has 3 nitrogen and oxygen atoms in total. The first-order valence-electron chi connectivity index (χ1n) is 7.53. The Hall–Kier alpha value is -2.29. The number of nitrogens with two attached hydrogens (primary N) is 1. The SMILES string of the molecule is CCCCCn1c(=O)c2ccccc2c2cc(N)ccc21. The summed E-state index contributed by atoms with van der Waals surface area (Å²) < 4.78 is 1.90. The van der Waals surface area contributed by atoms with Gasteiger partial charge in [0, 0.05) is 23.0 Å². The van der Waals surface area contributed by atoms with Crippen LogP contribution in [0.4, 0.5) is 5.69 Å². The van der Waals surface area contributed by atoms with Crippen molar-refractivity contribution < 1.29 is 0 Å². The summed E-state index contributed by atoms with van der Waals surface area (Å²) in [4.78, 5) is 12.8. The van der Waals surface area contributed by atoms with Crippen LogP contribution in [0.15, 0.2) is 47.3 Å². The third kappa shape index (κ3) is 2.40. The summed E-state index contributed by atoms with van der Waals surface area (Å²) in [6.45, 7) is 2.93. The molecule has 0 saturated carbocycles. The van der Waals surface area contributed by atoms with Crippen molar-refractivity contribution in [2.45, 2.75) is 32.7 Å². The van der Waals surface area contributed by atoms with Crippen molar-refractivity contribution in [3.05, 3.63) is 52.8 Å². The molecule has 21 heavy (non-hydrogen) atoms. The number of aryl methyl sites for hydroxylation is 1. The molecule has 0 saturated heterocycles. The van der Waals surface area contributed by atoms with Crippen molar-refractivity contribution in [1.29, 1.82) is 0 Å². The lowest BCUT2D eigenvalue weighted by atomic mass is 10.1. The van der Waals surface area contributed by atoms with Crippen LogP contribution in [0.3, 0.4) is 0 Å². The molecule has 3 aromatic rings. The minimum absolute atomic E-state index is 0.0963. The third-order valence-corrected chi connectivity index (χ3v) is 3.99. The summed E-state index contributed by atoms with van der Waals surface area (Å²) in [5, 5.41) is 2.81. The van der Waals surface area contributed by atoms with Crippen LogP contribution < -0.4 is 11.3 Å². The third-order valence-electron chi connectivity index (χ3n) is 3.99. The minimum Gasteiger partial charge on any atom is -0.399 e. The summed E-state index contributed by atoms with van der Waals surface area (Å²) >= 11 is 0. The van der Waals surface area contributed by atoms with Gasteiger partial charge in [0.1, 0.15) is 0 Å². The van der Waals surface area contributed by atoms with Crippen LogP contribution in [0.25, 0.3) is 21.7 Å². The smallest absolute Gasteiger partial charge is 0.258 e. The summed E-state index contributed by atoms with van der Waals surface area (Å²) in [5.41, 5.74) is 7.74. The van der Waals surface area contributed by atoms with Gasteiger partial charge in [-0.1, -0.05) is 38.0 Å². The van der Waals surface area contributed by atoms with Crippen LogP contribution in [-0.2, 0) is 6.54 Å². The molecule has 1 aromatic heterocycles. The number of pyridine rings is 1. The maximum Gasteiger partial charge on any atom is 0.258 e. The van der Waals surface area contributed by atoms with Gasteiger partial charge in [0.05, 0.1) is 5.52 Å². The lowest BCUT2D eigenvalue weighted by Crippen LogP contribution is -2.21. The molecule has 2 N–H and O–H groups in total. The molecule has 0 atom stereocenters. The topological polar surface area (TPSA) is 48.0 Å². The van der Waals surface area contributed by atoms with Gasteiger partial charge >= 0.3 is 0 Å². The molecule has 0 aliphatic carbocycles. The van der Waals surface area contributed by atoms with Gasteiger partial charge in [-0.2, -0.15) is 0 Å². The van der Waals surface area contributed by atoms with Gasteiger partial charge in [0.25, 0.3) is 5.56 Å². The van der Waals surface area contributed by atoms with E-state index in [-0.39, 0.29) is 5.56 Å². The quantitative estimate of drug-likeness (QED) is 0.447. The number of nitrogen functional groups attached to an aromatic ring is 1. The summed E-state index contributed by atoms with van der Waals surface area (Å²) in [6.07, 6.45) is 3.30. The Morgan fingerprint density at radius 1 is 1.00 bits per heavy atom. The van der Waals surface area contributed by atoms with Gasteiger partial charge in [-0.3, -0.25) is 4.79 Å². The highest BCUT2D eigenvalue weighted by atomic mass is 16.1. The molecule has 108 valence electrons. The van der Waals surface area contributed by atoms with E-state index in [0.29, 0.717) is 0 Å². The molecule has 0 amide bonds. The van der Waals surface area contributed by atoms with Crippen molar-refractivity contribution in [2.24, 2.45) is 0 Å². The van der Waals surface area contributed by atoms with E-state index in [4.69, 9.17) is 5.73 Å². The molecular formula is C18H20N2O. The summed E-state index contributed by atoms with van der Waals surface area (Å²) in [6, 6.07) is 13.6. The average Bonchev–Trinajstić information content (AvgIpc) is 2.51. The van der Waals surface area contributed by atoms with Crippen molar-refractivity contribution in [3.63, 3.8) is 0 Å². The first kappa shape index (κ1) is 13.7. The summed E-state index contributed by atoms with van der Waals surface area (Å²) in [5.74, 6) is 0. The number of anilines is 1. The molecule has 2 aromatic carbocycles. The largest absolute Gasteiger partial charge is 0.399 e. The fourth-order valence-corrected chi connectivity index (χ4v) is 2.91. The summed E-state index contributed by atoms with van der Waals surface area (Å²) in [7, 11) is 0. The molecular weight excluding hydrogens is 260 g/mol. The van der Waals surface area contributed by atoms with Crippen molar-refractivity contribution >= 4 is 27.4 Å². The zero-order valence-electron chi connectivity index (χ0n) is 12.3. The van der Waals surface area contributed by atoms with E-state index in [1.807, 2.05) is 47.0 Å². The molecule has 3 heteroatoms. The van der Waals surface area contributed by atoms with Crippen LogP contribution in [0.1, 0.15) is 26.2 Å². The number of aromatic nitrogens is 1. The van der Waals surface area contributed by atoms with Gasteiger partial charge in [-0.05, 0) is 36.1 Å². The normalized spacial score (nSPS) is 11.3. The highest BCUT2D eigenvalue weighted by molar-refractivity contribution is 6.06. The number of nitrogens with zero attached hydrogens (tertiary/aromatic N) is 1. The average molecular weight is 280 g/mol. The van der Waals surface area contributed by atoms with Crippen molar-refractivity contribution in [2.75, 3.05) is 5.73 Å². The van der Waals surface area contributed by atoms with Crippen LogP contribution in [0.5, 0.6) is 0 Å². The lowest BCUT2D eigenvalue weighted by molar-refractivity contribution is 0.605. The van der Waals surface area contributed by atoms with Crippen LogP contribution >= 0.6 is 0 Å². The number of benzene rings is 2. The van der Waals surface area contributed by atoms with E-state index in [0.717, 1.165) is 53.2 Å². The van der Waals surface area contributed by atoms with E-state index in [1.165, 1.54) is 0 Å². The van der Waals surface area contributed by atoms with E-state index in [1.54, 1.807) is 0 Å². The first-order chi connectivity index (χ1) is 10.2. The molecule has 3 rings (SSSR count). The zero-order chi connectivity index (χ0) is 14.8.